The lowest BCUT2D eigenvalue weighted by atomic mass is 9.90. The van der Waals surface area contributed by atoms with Gasteiger partial charge in [-0.3, -0.25) is 4.79 Å². The van der Waals surface area contributed by atoms with Gasteiger partial charge in [0.1, 0.15) is 4.21 Å². The van der Waals surface area contributed by atoms with Crippen LogP contribution in [0.5, 0.6) is 0 Å². The van der Waals surface area contributed by atoms with Gasteiger partial charge in [-0.15, -0.1) is 11.3 Å². The fourth-order valence-corrected chi connectivity index (χ4v) is 5.78. The van der Waals surface area contributed by atoms with Crippen molar-refractivity contribution in [1.29, 1.82) is 0 Å². The molecule has 1 aliphatic rings. The van der Waals surface area contributed by atoms with E-state index in [9.17, 15) is 13.2 Å². The lowest BCUT2D eigenvalue weighted by Gasteiger charge is -2.30. The summed E-state index contributed by atoms with van der Waals surface area (Å²) < 4.78 is 27.1. The van der Waals surface area contributed by atoms with E-state index in [1.807, 2.05) is 43.3 Å². The molecule has 0 spiro atoms. The first-order valence-corrected chi connectivity index (χ1v) is 9.90. The van der Waals surface area contributed by atoms with Gasteiger partial charge in [0.15, 0.2) is 5.78 Å². The van der Waals surface area contributed by atoms with Gasteiger partial charge in [0.2, 0.25) is 0 Å². The molecule has 0 N–H and O–H groups in total. The number of thiophene rings is 1. The summed E-state index contributed by atoms with van der Waals surface area (Å²) in [6, 6.07) is 12.7. The molecule has 1 saturated heterocycles. The van der Waals surface area contributed by atoms with Crippen molar-refractivity contribution in [2.24, 2.45) is 5.92 Å². The number of nitrogens with zero attached hydrogens (tertiary/aromatic N) is 1. The Labute approximate surface area is 140 Å². The van der Waals surface area contributed by atoms with E-state index < -0.39 is 10.0 Å². The highest BCUT2D eigenvalue weighted by atomic mass is 32.2. The molecule has 1 aromatic carbocycles. The van der Waals surface area contributed by atoms with Gasteiger partial charge < -0.3 is 0 Å². The number of sulfonamides is 1. The molecular formula is C17H19NO3S2. The van der Waals surface area contributed by atoms with Crippen molar-refractivity contribution >= 4 is 27.1 Å². The predicted octanol–water partition coefficient (Wildman–Crippen LogP) is 3.34. The zero-order valence-corrected chi connectivity index (χ0v) is 14.6. The van der Waals surface area contributed by atoms with Gasteiger partial charge in [0.05, 0.1) is 0 Å². The van der Waals surface area contributed by atoms with E-state index in [0.717, 1.165) is 4.88 Å². The first-order chi connectivity index (χ1) is 11.0. The van der Waals surface area contributed by atoms with Crippen molar-refractivity contribution in [1.82, 2.24) is 4.31 Å². The van der Waals surface area contributed by atoms with Gasteiger partial charge in [0, 0.05) is 29.4 Å². The van der Waals surface area contributed by atoms with Crippen LogP contribution in [-0.2, 0) is 10.0 Å². The van der Waals surface area contributed by atoms with E-state index in [4.69, 9.17) is 0 Å². The molecule has 23 heavy (non-hydrogen) atoms. The maximum Gasteiger partial charge on any atom is 0.252 e. The van der Waals surface area contributed by atoms with Crippen LogP contribution in [-0.4, -0.2) is 31.6 Å². The van der Waals surface area contributed by atoms with Gasteiger partial charge in [-0.25, -0.2) is 8.42 Å². The molecule has 1 aromatic heterocycles. The number of carbonyl (C=O) groups excluding carboxylic acids is 1. The number of hydrogen-bond donors (Lipinski definition) is 0. The maximum absolute atomic E-state index is 12.6. The van der Waals surface area contributed by atoms with Gasteiger partial charge in [-0.05, 0) is 31.9 Å². The Balaban J connectivity index is 1.68. The third kappa shape index (κ3) is 3.39. The normalized spacial score (nSPS) is 17.3. The summed E-state index contributed by atoms with van der Waals surface area (Å²) in [5.41, 5.74) is 0.711. The van der Waals surface area contributed by atoms with E-state index >= 15 is 0 Å². The molecule has 1 aliphatic heterocycles. The van der Waals surface area contributed by atoms with Crippen LogP contribution in [0.4, 0.5) is 0 Å². The molecule has 0 bridgehead atoms. The van der Waals surface area contributed by atoms with E-state index in [0.29, 0.717) is 35.7 Å². The standard InChI is InChI=1S/C17H19NO3S2/c1-13-7-8-16(22-13)23(20,21)18-11-9-15(10-12-18)17(19)14-5-3-2-4-6-14/h2-8,15H,9-12H2,1H3. The summed E-state index contributed by atoms with van der Waals surface area (Å²) >= 11 is 1.30. The Morgan fingerprint density at radius 2 is 1.74 bits per heavy atom. The van der Waals surface area contributed by atoms with Gasteiger partial charge in [-0.1, -0.05) is 30.3 Å². The number of hydrogen-bond acceptors (Lipinski definition) is 4. The van der Waals surface area contributed by atoms with Crippen LogP contribution in [0, 0.1) is 12.8 Å². The summed E-state index contributed by atoms with van der Waals surface area (Å²) in [5.74, 6) is 0.0311. The average molecular weight is 349 g/mol. The molecule has 1 fully saturated rings. The van der Waals surface area contributed by atoms with Crippen molar-refractivity contribution in [2.45, 2.75) is 24.0 Å². The van der Waals surface area contributed by atoms with Crippen molar-refractivity contribution in [2.75, 3.05) is 13.1 Å². The zero-order valence-electron chi connectivity index (χ0n) is 12.9. The molecule has 0 saturated carbocycles. The highest BCUT2D eigenvalue weighted by Gasteiger charge is 2.32. The molecule has 4 nitrogen and oxygen atoms in total. The molecule has 3 rings (SSSR count). The second-order valence-electron chi connectivity index (χ2n) is 5.77. The second-order valence-corrected chi connectivity index (χ2v) is 9.23. The van der Waals surface area contributed by atoms with Crippen molar-refractivity contribution in [3.8, 4) is 0 Å². The number of piperidine rings is 1. The highest BCUT2D eigenvalue weighted by molar-refractivity contribution is 7.91. The third-order valence-corrected chi connectivity index (χ3v) is 7.56. The molecule has 6 heteroatoms. The fraction of sp³-hybridized carbons (Fsp3) is 0.353. The molecule has 0 amide bonds. The van der Waals surface area contributed by atoms with E-state index in [1.54, 1.807) is 6.07 Å². The average Bonchev–Trinajstić information content (AvgIpc) is 3.02. The molecule has 0 atom stereocenters. The summed E-state index contributed by atoms with van der Waals surface area (Å²) in [4.78, 5) is 13.4. The Morgan fingerprint density at radius 3 is 2.30 bits per heavy atom. The Morgan fingerprint density at radius 1 is 1.09 bits per heavy atom. The highest BCUT2D eigenvalue weighted by Crippen LogP contribution is 2.29. The predicted molar refractivity (Wildman–Crippen MR) is 91.3 cm³/mol. The summed E-state index contributed by atoms with van der Waals surface area (Å²) in [6.45, 7) is 2.71. The van der Waals surface area contributed by atoms with Crippen molar-refractivity contribution in [3.63, 3.8) is 0 Å². The minimum Gasteiger partial charge on any atom is -0.294 e. The monoisotopic (exact) mass is 349 g/mol. The number of benzene rings is 1. The second kappa shape index (κ2) is 6.55. The van der Waals surface area contributed by atoms with Gasteiger partial charge in [-0.2, -0.15) is 4.31 Å². The first kappa shape index (κ1) is 16.4. The number of Topliss-reactive ketones (excluding diaryl/α,β-unsaturated/α-hetero) is 1. The molecule has 0 unspecified atom stereocenters. The number of aryl methyl sites for hydroxylation is 1. The largest absolute Gasteiger partial charge is 0.294 e. The zero-order chi connectivity index (χ0) is 16.4. The number of ketones is 1. The van der Waals surface area contributed by atoms with Crippen LogP contribution in [0.1, 0.15) is 28.1 Å². The molecule has 0 radical (unpaired) electrons. The van der Waals surface area contributed by atoms with Crippen molar-refractivity contribution < 1.29 is 13.2 Å². The van der Waals surface area contributed by atoms with Crippen LogP contribution in [0.25, 0.3) is 0 Å². The van der Waals surface area contributed by atoms with E-state index in [2.05, 4.69) is 0 Å². The minimum absolute atomic E-state index is 0.0890. The molecule has 122 valence electrons. The third-order valence-electron chi connectivity index (χ3n) is 4.19. The summed E-state index contributed by atoms with van der Waals surface area (Å²) in [6.07, 6.45) is 1.16. The summed E-state index contributed by atoms with van der Waals surface area (Å²) in [7, 11) is -3.41. The molecule has 2 heterocycles. The Bertz CT molecular complexity index is 788. The Hall–Kier alpha value is -1.50. The van der Waals surface area contributed by atoms with Crippen LogP contribution >= 0.6 is 11.3 Å². The summed E-state index contributed by atoms with van der Waals surface area (Å²) in [5, 5.41) is 0. The SMILES string of the molecule is Cc1ccc(S(=O)(=O)N2CCC(C(=O)c3ccccc3)CC2)s1. The smallest absolute Gasteiger partial charge is 0.252 e. The topological polar surface area (TPSA) is 54.5 Å². The number of carbonyl (C=O) groups is 1. The quantitative estimate of drug-likeness (QED) is 0.796. The molecular weight excluding hydrogens is 330 g/mol. The minimum atomic E-state index is -3.41. The van der Waals surface area contributed by atoms with E-state index in [1.165, 1.54) is 15.6 Å². The Kier molecular flexibility index (Phi) is 4.66. The van der Waals surface area contributed by atoms with Gasteiger partial charge in [0.25, 0.3) is 10.0 Å². The lowest BCUT2D eigenvalue weighted by molar-refractivity contribution is 0.0875. The van der Waals surface area contributed by atoms with Crippen LogP contribution in [0.3, 0.4) is 0 Å². The van der Waals surface area contributed by atoms with Crippen LogP contribution in [0.2, 0.25) is 0 Å². The van der Waals surface area contributed by atoms with E-state index in [-0.39, 0.29) is 11.7 Å². The fourth-order valence-electron chi connectivity index (χ4n) is 2.87. The van der Waals surface area contributed by atoms with Gasteiger partial charge >= 0.3 is 0 Å². The maximum atomic E-state index is 12.6. The van der Waals surface area contributed by atoms with Crippen LogP contribution in [0.15, 0.2) is 46.7 Å². The first-order valence-electron chi connectivity index (χ1n) is 7.64. The van der Waals surface area contributed by atoms with Crippen molar-refractivity contribution in [3.05, 3.63) is 52.9 Å². The molecule has 0 aliphatic carbocycles. The lowest BCUT2D eigenvalue weighted by Crippen LogP contribution is -2.40. The molecule has 2 aromatic rings. The number of rotatable bonds is 4. The van der Waals surface area contributed by atoms with Crippen LogP contribution < -0.4 is 0 Å².